The molecule has 0 amide bonds. The van der Waals surface area contributed by atoms with Crippen molar-refractivity contribution < 1.29 is 14.3 Å². The molecule has 0 bridgehead atoms. The van der Waals surface area contributed by atoms with E-state index in [9.17, 15) is 4.79 Å². The van der Waals surface area contributed by atoms with Crippen molar-refractivity contribution >= 4 is 6.29 Å². The van der Waals surface area contributed by atoms with Crippen LogP contribution in [0.3, 0.4) is 0 Å². The van der Waals surface area contributed by atoms with Crippen LogP contribution in [0.2, 0.25) is 0 Å². The first-order valence-electron chi connectivity index (χ1n) is 7.16. The number of carbonyl (C=O) groups is 1. The van der Waals surface area contributed by atoms with Crippen LogP contribution in [-0.4, -0.2) is 29.3 Å². The molecule has 112 valence electrons. The van der Waals surface area contributed by atoms with Crippen molar-refractivity contribution in [1.82, 2.24) is 9.78 Å². The third-order valence-electron chi connectivity index (χ3n) is 3.07. The largest absolute Gasteiger partial charge is 0.490 e. The molecule has 2 rings (SSSR count). The van der Waals surface area contributed by atoms with Crippen LogP contribution in [0.1, 0.15) is 31.3 Å². The Kier molecular flexibility index (Phi) is 4.98. The molecule has 1 aromatic heterocycles. The van der Waals surface area contributed by atoms with E-state index in [4.69, 9.17) is 9.47 Å². The minimum atomic E-state index is 0.562. The summed E-state index contributed by atoms with van der Waals surface area (Å²) in [4.78, 5) is 11.0. The first-order chi connectivity index (χ1) is 10.2. The van der Waals surface area contributed by atoms with Crippen LogP contribution in [0.5, 0.6) is 11.5 Å². The number of hydrogen-bond donors (Lipinski definition) is 0. The zero-order chi connectivity index (χ0) is 15.2. The Morgan fingerprint density at radius 1 is 1.10 bits per heavy atom. The van der Waals surface area contributed by atoms with Gasteiger partial charge in [-0.05, 0) is 45.0 Å². The minimum absolute atomic E-state index is 0.562. The molecular weight excluding hydrogens is 268 g/mol. The number of rotatable bonds is 7. The molecule has 0 saturated carbocycles. The third-order valence-corrected chi connectivity index (χ3v) is 3.07. The Bertz CT molecular complexity index is 620. The fourth-order valence-electron chi connectivity index (χ4n) is 2.13. The summed E-state index contributed by atoms with van der Waals surface area (Å²) in [5.74, 6) is 1.41. The Morgan fingerprint density at radius 3 is 2.38 bits per heavy atom. The SMILES string of the molecule is CCOc1ccc(-c2cc(C=O)n(CC)n2)cc1OCC. The molecule has 1 aromatic carbocycles. The monoisotopic (exact) mass is 288 g/mol. The molecule has 2 aromatic rings. The van der Waals surface area contributed by atoms with Crippen LogP contribution in [0.15, 0.2) is 24.3 Å². The highest BCUT2D eigenvalue weighted by Crippen LogP contribution is 2.32. The van der Waals surface area contributed by atoms with Crippen LogP contribution >= 0.6 is 0 Å². The van der Waals surface area contributed by atoms with Crippen LogP contribution in [0, 0.1) is 0 Å². The quantitative estimate of drug-likeness (QED) is 0.734. The fraction of sp³-hybridized carbons (Fsp3) is 0.375. The zero-order valence-electron chi connectivity index (χ0n) is 12.6. The van der Waals surface area contributed by atoms with Crippen molar-refractivity contribution in [2.24, 2.45) is 0 Å². The summed E-state index contributed by atoms with van der Waals surface area (Å²) in [5, 5.41) is 4.44. The standard InChI is InChI=1S/C16H20N2O3/c1-4-18-13(11-19)10-14(17-18)12-7-8-15(20-5-2)16(9-12)21-6-3/h7-11H,4-6H2,1-3H3. The van der Waals surface area contributed by atoms with Gasteiger partial charge >= 0.3 is 0 Å². The van der Waals surface area contributed by atoms with E-state index in [1.54, 1.807) is 10.7 Å². The summed E-state index contributed by atoms with van der Waals surface area (Å²) in [6, 6.07) is 7.47. The molecular formula is C16H20N2O3. The third kappa shape index (κ3) is 3.24. The van der Waals surface area contributed by atoms with Gasteiger partial charge in [0.25, 0.3) is 0 Å². The summed E-state index contributed by atoms with van der Waals surface area (Å²) in [5.41, 5.74) is 2.22. The predicted molar refractivity (Wildman–Crippen MR) is 81.1 cm³/mol. The minimum Gasteiger partial charge on any atom is -0.490 e. The van der Waals surface area contributed by atoms with Crippen molar-refractivity contribution in [1.29, 1.82) is 0 Å². The molecule has 0 aliphatic heterocycles. The molecule has 0 N–H and O–H groups in total. The van der Waals surface area contributed by atoms with Gasteiger partial charge in [-0.2, -0.15) is 5.10 Å². The predicted octanol–water partition coefficient (Wildman–Crippen LogP) is 3.18. The number of aromatic nitrogens is 2. The number of carbonyl (C=O) groups excluding carboxylic acids is 1. The molecule has 0 atom stereocenters. The van der Waals surface area contributed by atoms with E-state index in [0.29, 0.717) is 37.0 Å². The van der Waals surface area contributed by atoms with E-state index in [1.165, 1.54) is 0 Å². The van der Waals surface area contributed by atoms with Gasteiger partial charge in [0.05, 0.1) is 18.9 Å². The van der Waals surface area contributed by atoms with E-state index in [-0.39, 0.29) is 0 Å². The van der Waals surface area contributed by atoms with Crippen molar-refractivity contribution in [2.45, 2.75) is 27.3 Å². The topological polar surface area (TPSA) is 53.4 Å². The number of nitrogens with zero attached hydrogens (tertiary/aromatic N) is 2. The normalized spacial score (nSPS) is 10.4. The second kappa shape index (κ2) is 6.92. The molecule has 0 aliphatic rings. The Balaban J connectivity index is 2.41. The molecule has 0 radical (unpaired) electrons. The van der Waals surface area contributed by atoms with Crippen molar-refractivity contribution in [3.8, 4) is 22.8 Å². The van der Waals surface area contributed by atoms with Gasteiger partial charge in [0.15, 0.2) is 17.8 Å². The first kappa shape index (κ1) is 15.1. The summed E-state index contributed by atoms with van der Waals surface area (Å²) in [6.45, 7) is 7.62. The molecule has 0 fully saturated rings. The molecule has 0 unspecified atom stereocenters. The van der Waals surface area contributed by atoms with Crippen molar-refractivity contribution in [3.63, 3.8) is 0 Å². The number of hydrogen-bond acceptors (Lipinski definition) is 4. The smallest absolute Gasteiger partial charge is 0.168 e. The Hall–Kier alpha value is -2.30. The summed E-state index contributed by atoms with van der Waals surface area (Å²) in [7, 11) is 0. The van der Waals surface area contributed by atoms with Gasteiger partial charge in [0.1, 0.15) is 5.69 Å². The molecule has 0 spiro atoms. The number of ether oxygens (including phenoxy) is 2. The van der Waals surface area contributed by atoms with Gasteiger partial charge < -0.3 is 9.47 Å². The van der Waals surface area contributed by atoms with Crippen LogP contribution in [0.25, 0.3) is 11.3 Å². The number of aryl methyl sites for hydroxylation is 1. The summed E-state index contributed by atoms with van der Waals surface area (Å²) < 4.78 is 12.8. The molecule has 5 nitrogen and oxygen atoms in total. The van der Waals surface area contributed by atoms with Crippen LogP contribution in [-0.2, 0) is 6.54 Å². The second-order valence-corrected chi connectivity index (χ2v) is 4.42. The summed E-state index contributed by atoms with van der Waals surface area (Å²) in [6.07, 6.45) is 0.817. The van der Waals surface area contributed by atoms with Gasteiger partial charge in [0, 0.05) is 12.1 Å². The zero-order valence-corrected chi connectivity index (χ0v) is 12.6. The highest BCUT2D eigenvalue weighted by Gasteiger charge is 2.11. The van der Waals surface area contributed by atoms with E-state index >= 15 is 0 Å². The molecule has 0 saturated heterocycles. The molecule has 21 heavy (non-hydrogen) atoms. The van der Waals surface area contributed by atoms with Gasteiger partial charge in [0.2, 0.25) is 0 Å². The molecule has 0 aliphatic carbocycles. The van der Waals surface area contributed by atoms with Gasteiger partial charge in [-0.25, -0.2) is 0 Å². The average Bonchev–Trinajstić information content (AvgIpc) is 2.93. The van der Waals surface area contributed by atoms with Gasteiger partial charge in [-0.3, -0.25) is 9.48 Å². The van der Waals surface area contributed by atoms with E-state index < -0.39 is 0 Å². The number of benzene rings is 1. The average molecular weight is 288 g/mol. The molecule has 1 heterocycles. The van der Waals surface area contributed by atoms with Gasteiger partial charge in [-0.1, -0.05) is 0 Å². The lowest BCUT2D eigenvalue weighted by molar-refractivity contribution is 0.111. The highest BCUT2D eigenvalue weighted by molar-refractivity contribution is 5.76. The maximum atomic E-state index is 11.0. The van der Waals surface area contributed by atoms with Crippen LogP contribution < -0.4 is 9.47 Å². The van der Waals surface area contributed by atoms with Gasteiger partial charge in [-0.15, -0.1) is 0 Å². The Labute approximate surface area is 124 Å². The van der Waals surface area contributed by atoms with E-state index in [2.05, 4.69) is 5.10 Å². The maximum absolute atomic E-state index is 11.0. The summed E-state index contributed by atoms with van der Waals surface area (Å²) >= 11 is 0. The highest BCUT2D eigenvalue weighted by atomic mass is 16.5. The lowest BCUT2D eigenvalue weighted by atomic mass is 10.1. The lowest BCUT2D eigenvalue weighted by Gasteiger charge is -2.11. The Morgan fingerprint density at radius 2 is 1.81 bits per heavy atom. The first-order valence-corrected chi connectivity index (χ1v) is 7.16. The number of aldehydes is 1. The maximum Gasteiger partial charge on any atom is 0.168 e. The van der Waals surface area contributed by atoms with Crippen molar-refractivity contribution in [3.05, 3.63) is 30.0 Å². The van der Waals surface area contributed by atoms with E-state index in [1.807, 2.05) is 39.0 Å². The fourth-order valence-corrected chi connectivity index (χ4v) is 2.13. The van der Waals surface area contributed by atoms with E-state index in [0.717, 1.165) is 17.5 Å². The molecule has 5 heteroatoms. The lowest BCUT2D eigenvalue weighted by Crippen LogP contribution is -2.01. The van der Waals surface area contributed by atoms with Crippen molar-refractivity contribution in [2.75, 3.05) is 13.2 Å². The van der Waals surface area contributed by atoms with Crippen LogP contribution in [0.4, 0.5) is 0 Å². The second-order valence-electron chi connectivity index (χ2n) is 4.42.